The van der Waals surface area contributed by atoms with Crippen LogP contribution in [0.15, 0.2) is 23.1 Å². The Bertz CT molecular complexity index is 635. The van der Waals surface area contributed by atoms with Crippen LogP contribution in [0.4, 0.5) is 0 Å². The Morgan fingerprint density at radius 1 is 1.30 bits per heavy atom. The van der Waals surface area contributed by atoms with Crippen molar-refractivity contribution in [3.05, 3.63) is 18.2 Å². The first kappa shape index (κ1) is 18.0. The molecule has 23 heavy (non-hydrogen) atoms. The molecule has 0 aliphatic carbocycles. The summed E-state index contributed by atoms with van der Waals surface area (Å²) in [5.41, 5.74) is 0. The van der Waals surface area contributed by atoms with Crippen molar-refractivity contribution in [2.75, 3.05) is 54.6 Å². The minimum atomic E-state index is -3.61. The van der Waals surface area contributed by atoms with Gasteiger partial charge in [0.15, 0.2) is 11.5 Å². The highest BCUT2D eigenvalue weighted by molar-refractivity contribution is 7.89. The van der Waals surface area contributed by atoms with Gasteiger partial charge in [0, 0.05) is 32.7 Å². The zero-order valence-corrected chi connectivity index (χ0v) is 14.8. The van der Waals surface area contributed by atoms with Gasteiger partial charge >= 0.3 is 0 Å². The fourth-order valence-electron chi connectivity index (χ4n) is 2.52. The van der Waals surface area contributed by atoms with Crippen LogP contribution in [0.2, 0.25) is 0 Å². The second-order valence-corrected chi connectivity index (χ2v) is 7.60. The van der Waals surface area contributed by atoms with Crippen LogP contribution in [-0.2, 0) is 14.8 Å². The van der Waals surface area contributed by atoms with E-state index in [1.54, 1.807) is 13.1 Å². The second kappa shape index (κ2) is 7.48. The average molecular weight is 344 g/mol. The van der Waals surface area contributed by atoms with Gasteiger partial charge in [0.05, 0.1) is 31.8 Å². The average Bonchev–Trinajstić information content (AvgIpc) is 2.54. The van der Waals surface area contributed by atoms with Crippen molar-refractivity contribution in [1.82, 2.24) is 9.21 Å². The number of benzene rings is 1. The third-order valence-electron chi connectivity index (χ3n) is 3.87. The van der Waals surface area contributed by atoms with Crippen LogP contribution in [0.1, 0.15) is 0 Å². The quantitative estimate of drug-likeness (QED) is 0.755. The second-order valence-electron chi connectivity index (χ2n) is 5.56. The zero-order chi connectivity index (χ0) is 17.0. The molecule has 2 rings (SSSR count). The Morgan fingerprint density at radius 3 is 2.61 bits per heavy atom. The summed E-state index contributed by atoms with van der Waals surface area (Å²) in [7, 11) is 2.93. The van der Waals surface area contributed by atoms with Crippen molar-refractivity contribution >= 4 is 10.0 Å². The van der Waals surface area contributed by atoms with Gasteiger partial charge in [0.25, 0.3) is 0 Å². The van der Waals surface area contributed by atoms with Gasteiger partial charge < -0.3 is 19.1 Å². The Labute approximate surface area is 137 Å². The molecular weight excluding hydrogens is 320 g/mol. The van der Waals surface area contributed by atoms with Gasteiger partial charge in [0.2, 0.25) is 10.0 Å². The largest absolute Gasteiger partial charge is 0.493 e. The fraction of sp³-hybridized carbons (Fsp3) is 0.600. The van der Waals surface area contributed by atoms with Crippen LogP contribution in [-0.4, -0.2) is 78.3 Å². The topological polar surface area (TPSA) is 68.3 Å². The lowest BCUT2D eigenvalue weighted by atomic mass is 10.3. The van der Waals surface area contributed by atoms with Gasteiger partial charge in [-0.2, -0.15) is 4.31 Å². The standard InChI is InChI=1S/C15H24N2O5S/c1-16-7-8-22-12(10-16)11-17(2)23(18,19)13-5-6-14(20-3)15(9-13)21-4/h5-6,9,12H,7-8,10-11H2,1-4H3. The van der Waals surface area contributed by atoms with E-state index in [0.717, 1.165) is 6.54 Å². The van der Waals surface area contributed by atoms with Gasteiger partial charge in [-0.3, -0.25) is 0 Å². The van der Waals surface area contributed by atoms with Crippen molar-refractivity contribution in [2.24, 2.45) is 0 Å². The van der Waals surface area contributed by atoms with Crippen LogP contribution in [0, 0.1) is 0 Å². The third kappa shape index (κ3) is 4.14. The van der Waals surface area contributed by atoms with Crippen LogP contribution in [0.25, 0.3) is 0 Å². The molecule has 7 nitrogen and oxygen atoms in total. The molecule has 8 heteroatoms. The Kier molecular flexibility index (Phi) is 5.85. The molecule has 1 aliphatic rings. The summed E-state index contributed by atoms with van der Waals surface area (Å²) in [5, 5.41) is 0. The molecule has 1 saturated heterocycles. The molecule has 0 spiro atoms. The number of ether oxygens (including phenoxy) is 3. The number of hydrogen-bond donors (Lipinski definition) is 0. The number of morpholine rings is 1. The molecular formula is C15H24N2O5S. The molecule has 1 atom stereocenters. The minimum Gasteiger partial charge on any atom is -0.493 e. The van der Waals surface area contributed by atoms with Gasteiger partial charge in [-0.15, -0.1) is 0 Å². The van der Waals surface area contributed by atoms with E-state index >= 15 is 0 Å². The van der Waals surface area contributed by atoms with E-state index in [1.807, 2.05) is 7.05 Å². The maximum Gasteiger partial charge on any atom is 0.243 e. The number of likely N-dealkylation sites (N-methyl/N-ethyl adjacent to an activating group) is 2. The van der Waals surface area contributed by atoms with Gasteiger partial charge in [-0.25, -0.2) is 8.42 Å². The molecule has 0 N–H and O–H groups in total. The molecule has 0 radical (unpaired) electrons. The lowest BCUT2D eigenvalue weighted by Crippen LogP contribution is -2.46. The molecule has 0 bridgehead atoms. The monoisotopic (exact) mass is 344 g/mol. The van der Waals surface area contributed by atoms with E-state index < -0.39 is 10.0 Å². The molecule has 0 saturated carbocycles. The van der Waals surface area contributed by atoms with E-state index in [1.165, 1.54) is 30.7 Å². The first-order valence-corrected chi connectivity index (χ1v) is 8.81. The first-order valence-electron chi connectivity index (χ1n) is 7.37. The molecule has 0 aromatic heterocycles. The van der Waals surface area contributed by atoms with Crippen LogP contribution < -0.4 is 9.47 Å². The summed E-state index contributed by atoms with van der Waals surface area (Å²) in [6.45, 7) is 2.50. The van der Waals surface area contributed by atoms with E-state index in [-0.39, 0.29) is 11.0 Å². The van der Waals surface area contributed by atoms with Crippen molar-refractivity contribution in [3.8, 4) is 11.5 Å². The predicted molar refractivity (Wildman–Crippen MR) is 86.6 cm³/mol. The molecule has 1 heterocycles. The van der Waals surface area contributed by atoms with E-state index in [4.69, 9.17) is 14.2 Å². The Balaban J connectivity index is 2.16. The van der Waals surface area contributed by atoms with Crippen LogP contribution in [0.3, 0.4) is 0 Å². The Morgan fingerprint density at radius 2 is 2.00 bits per heavy atom. The lowest BCUT2D eigenvalue weighted by molar-refractivity contribution is -0.0247. The fourth-order valence-corrected chi connectivity index (χ4v) is 3.74. The van der Waals surface area contributed by atoms with E-state index in [2.05, 4.69) is 4.90 Å². The normalized spacial score (nSPS) is 19.8. The van der Waals surface area contributed by atoms with Gasteiger partial charge in [0.1, 0.15) is 0 Å². The highest BCUT2D eigenvalue weighted by atomic mass is 32.2. The SMILES string of the molecule is COc1ccc(S(=O)(=O)N(C)CC2CN(C)CCO2)cc1OC. The van der Waals surface area contributed by atoms with Crippen molar-refractivity contribution in [1.29, 1.82) is 0 Å². The van der Waals surface area contributed by atoms with E-state index in [0.29, 0.717) is 31.2 Å². The molecule has 130 valence electrons. The molecule has 1 aromatic carbocycles. The zero-order valence-electron chi connectivity index (χ0n) is 14.0. The number of methoxy groups -OCH3 is 2. The highest BCUT2D eigenvalue weighted by Gasteiger charge is 2.27. The summed E-state index contributed by atoms with van der Waals surface area (Å²) in [6.07, 6.45) is -0.131. The predicted octanol–water partition coefficient (Wildman–Crippen LogP) is 0.655. The van der Waals surface area contributed by atoms with Crippen molar-refractivity contribution in [3.63, 3.8) is 0 Å². The molecule has 1 unspecified atom stereocenters. The summed E-state index contributed by atoms with van der Waals surface area (Å²) in [6, 6.07) is 4.57. The van der Waals surface area contributed by atoms with Crippen molar-refractivity contribution in [2.45, 2.75) is 11.0 Å². The van der Waals surface area contributed by atoms with Crippen LogP contribution in [0.5, 0.6) is 11.5 Å². The maximum absolute atomic E-state index is 12.7. The van der Waals surface area contributed by atoms with Gasteiger partial charge in [-0.1, -0.05) is 0 Å². The third-order valence-corrected chi connectivity index (χ3v) is 5.69. The first-order chi connectivity index (χ1) is 10.9. The van der Waals surface area contributed by atoms with Crippen LogP contribution >= 0.6 is 0 Å². The minimum absolute atomic E-state index is 0.131. The highest BCUT2D eigenvalue weighted by Crippen LogP contribution is 2.30. The summed E-state index contributed by atoms with van der Waals surface area (Å²) < 4.78 is 42.7. The van der Waals surface area contributed by atoms with Gasteiger partial charge in [-0.05, 0) is 19.2 Å². The summed E-state index contributed by atoms with van der Waals surface area (Å²) in [5.74, 6) is 0.877. The molecule has 1 aliphatic heterocycles. The van der Waals surface area contributed by atoms with E-state index in [9.17, 15) is 8.42 Å². The smallest absolute Gasteiger partial charge is 0.243 e. The number of nitrogens with zero attached hydrogens (tertiary/aromatic N) is 2. The molecule has 1 aromatic rings. The number of hydrogen-bond acceptors (Lipinski definition) is 6. The number of sulfonamides is 1. The lowest BCUT2D eigenvalue weighted by Gasteiger charge is -2.32. The summed E-state index contributed by atoms with van der Waals surface area (Å²) >= 11 is 0. The molecule has 0 amide bonds. The maximum atomic E-state index is 12.7. The van der Waals surface area contributed by atoms with Crippen molar-refractivity contribution < 1.29 is 22.6 Å². The molecule has 1 fully saturated rings. The summed E-state index contributed by atoms with van der Waals surface area (Å²) in [4.78, 5) is 2.30. The Hall–Kier alpha value is -1.35. The number of rotatable bonds is 6.